The van der Waals surface area contributed by atoms with Gasteiger partial charge in [-0.05, 0) is 23.1 Å². The number of ether oxygens (including phenoxy) is 1. The number of benzene rings is 1. The fourth-order valence-corrected chi connectivity index (χ4v) is 1.27. The second kappa shape index (κ2) is 5.15. The standard InChI is InChI=1S/C14H18O3/c1-10(9-15)13(16)17-12-7-5-11(6-8-12)14(2,3)4/h5-8,15H,1,9H2,2-4H3. The molecule has 0 fully saturated rings. The Morgan fingerprint density at radius 1 is 1.29 bits per heavy atom. The maximum Gasteiger partial charge on any atom is 0.341 e. The van der Waals surface area contributed by atoms with Crippen LogP contribution in [0.4, 0.5) is 0 Å². The van der Waals surface area contributed by atoms with Gasteiger partial charge in [0.05, 0.1) is 12.2 Å². The third kappa shape index (κ3) is 3.71. The summed E-state index contributed by atoms with van der Waals surface area (Å²) in [7, 11) is 0. The van der Waals surface area contributed by atoms with Gasteiger partial charge in [-0.2, -0.15) is 0 Å². The predicted molar refractivity (Wildman–Crippen MR) is 67.0 cm³/mol. The van der Waals surface area contributed by atoms with Crippen LogP contribution in [0.15, 0.2) is 36.4 Å². The van der Waals surface area contributed by atoms with Gasteiger partial charge in [0.1, 0.15) is 5.75 Å². The molecule has 1 aromatic rings. The zero-order valence-electron chi connectivity index (χ0n) is 10.5. The van der Waals surface area contributed by atoms with Crippen LogP contribution in [-0.4, -0.2) is 17.7 Å². The van der Waals surface area contributed by atoms with Crippen LogP contribution in [0.2, 0.25) is 0 Å². The van der Waals surface area contributed by atoms with Crippen LogP contribution in [0.1, 0.15) is 26.3 Å². The Morgan fingerprint density at radius 2 is 1.82 bits per heavy atom. The SMILES string of the molecule is C=C(CO)C(=O)Oc1ccc(C(C)(C)C)cc1. The first-order valence-electron chi connectivity index (χ1n) is 5.46. The van der Waals surface area contributed by atoms with Crippen LogP contribution in [-0.2, 0) is 10.2 Å². The topological polar surface area (TPSA) is 46.5 Å². The van der Waals surface area contributed by atoms with Crippen molar-refractivity contribution in [3.8, 4) is 5.75 Å². The minimum atomic E-state index is -0.601. The summed E-state index contributed by atoms with van der Waals surface area (Å²) in [6.07, 6.45) is 0. The molecule has 0 radical (unpaired) electrons. The number of aliphatic hydroxyl groups is 1. The zero-order valence-corrected chi connectivity index (χ0v) is 10.5. The van der Waals surface area contributed by atoms with Crippen molar-refractivity contribution in [3.63, 3.8) is 0 Å². The summed E-state index contributed by atoms with van der Waals surface area (Å²) in [5.41, 5.74) is 1.28. The van der Waals surface area contributed by atoms with Crippen LogP contribution >= 0.6 is 0 Å². The molecule has 0 bridgehead atoms. The fourth-order valence-electron chi connectivity index (χ4n) is 1.27. The second-order valence-corrected chi connectivity index (χ2v) is 4.93. The van der Waals surface area contributed by atoms with Gasteiger partial charge < -0.3 is 9.84 Å². The van der Waals surface area contributed by atoms with E-state index in [4.69, 9.17) is 9.84 Å². The number of carbonyl (C=O) groups is 1. The van der Waals surface area contributed by atoms with Crippen LogP contribution < -0.4 is 4.74 Å². The van der Waals surface area contributed by atoms with E-state index < -0.39 is 5.97 Å². The molecule has 0 aromatic heterocycles. The van der Waals surface area contributed by atoms with Gasteiger partial charge in [-0.1, -0.05) is 39.5 Å². The van der Waals surface area contributed by atoms with Gasteiger partial charge in [-0.25, -0.2) is 4.79 Å². The molecule has 0 amide bonds. The first-order valence-corrected chi connectivity index (χ1v) is 5.46. The zero-order chi connectivity index (χ0) is 13.1. The molecule has 0 aliphatic heterocycles. The molecule has 0 saturated carbocycles. The van der Waals surface area contributed by atoms with Crippen molar-refractivity contribution in [1.82, 2.24) is 0 Å². The number of esters is 1. The number of aliphatic hydroxyl groups excluding tert-OH is 1. The fraction of sp³-hybridized carbons (Fsp3) is 0.357. The van der Waals surface area contributed by atoms with Crippen molar-refractivity contribution < 1.29 is 14.6 Å². The molecule has 0 unspecified atom stereocenters. The molecule has 0 atom stereocenters. The van der Waals surface area contributed by atoms with E-state index in [1.165, 1.54) is 5.56 Å². The Balaban J connectivity index is 2.76. The lowest BCUT2D eigenvalue weighted by molar-refractivity contribution is -0.130. The highest BCUT2D eigenvalue weighted by Gasteiger charge is 2.14. The Labute approximate surface area is 102 Å². The van der Waals surface area contributed by atoms with E-state index >= 15 is 0 Å². The van der Waals surface area contributed by atoms with Crippen LogP contribution in [0.3, 0.4) is 0 Å². The summed E-state index contributed by atoms with van der Waals surface area (Å²) in [6.45, 7) is 9.35. The van der Waals surface area contributed by atoms with Crippen molar-refractivity contribution in [2.45, 2.75) is 26.2 Å². The van der Waals surface area contributed by atoms with E-state index in [0.29, 0.717) is 5.75 Å². The van der Waals surface area contributed by atoms with Gasteiger partial charge in [0, 0.05) is 0 Å². The molecule has 0 heterocycles. The monoisotopic (exact) mass is 234 g/mol. The molecule has 3 heteroatoms. The van der Waals surface area contributed by atoms with Crippen LogP contribution in [0.5, 0.6) is 5.75 Å². The average Bonchev–Trinajstić information content (AvgIpc) is 2.27. The second-order valence-electron chi connectivity index (χ2n) is 4.93. The minimum absolute atomic E-state index is 0.0462. The molecule has 0 spiro atoms. The van der Waals surface area contributed by atoms with E-state index in [1.54, 1.807) is 12.1 Å². The van der Waals surface area contributed by atoms with E-state index in [0.717, 1.165) is 0 Å². The van der Waals surface area contributed by atoms with E-state index in [2.05, 4.69) is 27.4 Å². The number of hydrogen-bond acceptors (Lipinski definition) is 3. The Kier molecular flexibility index (Phi) is 4.07. The van der Waals surface area contributed by atoms with Gasteiger partial charge in [0.15, 0.2) is 0 Å². The maximum atomic E-state index is 11.3. The molecule has 3 nitrogen and oxygen atoms in total. The smallest absolute Gasteiger partial charge is 0.341 e. The summed E-state index contributed by atoms with van der Waals surface area (Å²) in [4.78, 5) is 11.3. The van der Waals surface area contributed by atoms with Gasteiger partial charge in [0.25, 0.3) is 0 Å². The summed E-state index contributed by atoms with van der Waals surface area (Å²) in [5.74, 6) is -0.145. The Bertz CT molecular complexity index is 410. The quantitative estimate of drug-likeness (QED) is 0.496. The third-order valence-corrected chi connectivity index (χ3v) is 2.41. The first-order chi connectivity index (χ1) is 7.84. The highest BCUT2D eigenvalue weighted by Crippen LogP contribution is 2.24. The van der Waals surface area contributed by atoms with Crippen LogP contribution in [0, 0.1) is 0 Å². The molecular formula is C14H18O3. The highest BCUT2D eigenvalue weighted by molar-refractivity contribution is 5.89. The van der Waals surface area contributed by atoms with Gasteiger partial charge in [-0.15, -0.1) is 0 Å². The van der Waals surface area contributed by atoms with E-state index in [9.17, 15) is 4.79 Å². The molecule has 0 aliphatic rings. The summed E-state index contributed by atoms with van der Waals surface area (Å²) >= 11 is 0. The number of carbonyl (C=O) groups excluding carboxylic acids is 1. The van der Waals surface area contributed by atoms with Crippen molar-refractivity contribution >= 4 is 5.97 Å². The molecule has 1 aromatic carbocycles. The Morgan fingerprint density at radius 3 is 2.24 bits per heavy atom. The van der Waals surface area contributed by atoms with Crippen molar-refractivity contribution in [2.75, 3.05) is 6.61 Å². The van der Waals surface area contributed by atoms with E-state index in [-0.39, 0.29) is 17.6 Å². The first kappa shape index (κ1) is 13.5. The largest absolute Gasteiger partial charge is 0.423 e. The van der Waals surface area contributed by atoms with Gasteiger partial charge in [0.2, 0.25) is 0 Å². The highest BCUT2D eigenvalue weighted by atomic mass is 16.5. The van der Waals surface area contributed by atoms with Gasteiger partial charge in [-0.3, -0.25) is 0 Å². The normalized spacial score (nSPS) is 11.1. The summed E-state index contributed by atoms with van der Waals surface area (Å²) < 4.78 is 5.04. The van der Waals surface area contributed by atoms with Crippen LogP contribution in [0.25, 0.3) is 0 Å². The lowest BCUT2D eigenvalue weighted by atomic mass is 9.87. The van der Waals surface area contributed by atoms with Crippen molar-refractivity contribution in [3.05, 3.63) is 42.0 Å². The molecule has 1 N–H and O–H groups in total. The maximum absolute atomic E-state index is 11.3. The number of rotatable bonds is 3. The average molecular weight is 234 g/mol. The molecule has 0 saturated heterocycles. The number of hydrogen-bond donors (Lipinski definition) is 1. The molecule has 17 heavy (non-hydrogen) atoms. The molecular weight excluding hydrogens is 216 g/mol. The van der Waals surface area contributed by atoms with Crippen molar-refractivity contribution in [1.29, 1.82) is 0 Å². The summed E-state index contributed by atoms with van der Waals surface area (Å²) in [6, 6.07) is 7.32. The third-order valence-electron chi connectivity index (χ3n) is 2.41. The predicted octanol–water partition coefficient (Wildman–Crippen LogP) is 2.44. The lowest BCUT2D eigenvalue weighted by Crippen LogP contribution is -2.14. The minimum Gasteiger partial charge on any atom is -0.423 e. The van der Waals surface area contributed by atoms with E-state index in [1.807, 2.05) is 12.1 Å². The lowest BCUT2D eigenvalue weighted by Gasteiger charge is -2.19. The Hall–Kier alpha value is -1.61. The molecule has 1 rings (SSSR count). The van der Waals surface area contributed by atoms with Crippen molar-refractivity contribution in [2.24, 2.45) is 0 Å². The molecule has 0 aliphatic carbocycles. The summed E-state index contributed by atoms with van der Waals surface area (Å²) in [5, 5.41) is 8.73. The molecule has 92 valence electrons. The van der Waals surface area contributed by atoms with Gasteiger partial charge >= 0.3 is 5.97 Å².